The first kappa shape index (κ1) is 15.5. The van der Waals surface area contributed by atoms with Gasteiger partial charge in [-0.2, -0.15) is 0 Å². The number of nitrogens with one attached hydrogen (secondary N) is 1. The Morgan fingerprint density at radius 3 is 2.35 bits per heavy atom. The minimum Gasteiger partial charge on any atom is -0.393 e. The SMILES string of the molecule is Cc1cc(C)cc(S(=O)(=O)NCC2CCCCC2O)c1. The van der Waals surface area contributed by atoms with Crippen molar-refractivity contribution in [3.8, 4) is 0 Å². The molecule has 1 fully saturated rings. The molecule has 20 heavy (non-hydrogen) atoms. The van der Waals surface area contributed by atoms with Crippen molar-refractivity contribution in [1.29, 1.82) is 0 Å². The highest BCUT2D eigenvalue weighted by molar-refractivity contribution is 7.89. The zero-order valence-corrected chi connectivity index (χ0v) is 12.9. The number of rotatable bonds is 4. The first-order valence-corrected chi connectivity index (χ1v) is 8.63. The van der Waals surface area contributed by atoms with E-state index in [0.717, 1.165) is 36.8 Å². The summed E-state index contributed by atoms with van der Waals surface area (Å²) in [5.74, 6) is 0.0319. The maximum absolute atomic E-state index is 12.3. The molecule has 2 atom stereocenters. The zero-order valence-electron chi connectivity index (χ0n) is 12.1. The van der Waals surface area contributed by atoms with Gasteiger partial charge in [-0.25, -0.2) is 13.1 Å². The van der Waals surface area contributed by atoms with Gasteiger partial charge in [-0.15, -0.1) is 0 Å². The van der Waals surface area contributed by atoms with Crippen molar-refractivity contribution in [3.63, 3.8) is 0 Å². The van der Waals surface area contributed by atoms with E-state index in [9.17, 15) is 13.5 Å². The highest BCUT2D eigenvalue weighted by atomic mass is 32.2. The van der Waals surface area contributed by atoms with Crippen LogP contribution in [0.1, 0.15) is 36.8 Å². The molecule has 0 bridgehead atoms. The molecule has 0 spiro atoms. The van der Waals surface area contributed by atoms with Crippen LogP contribution in [0.5, 0.6) is 0 Å². The van der Waals surface area contributed by atoms with E-state index in [4.69, 9.17) is 0 Å². The summed E-state index contributed by atoms with van der Waals surface area (Å²) in [7, 11) is -3.49. The molecule has 5 heteroatoms. The molecule has 2 rings (SSSR count). The second-order valence-corrected chi connectivity index (χ2v) is 7.55. The maximum atomic E-state index is 12.3. The van der Waals surface area contributed by atoms with Gasteiger partial charge in [0.1, 0.15) is 0 Å². The van der Waals surface area contributed by atoms with Crippen molar-refractivity contribution < 1.29 is 13.5 Å². The van der Waals surface area contributed by atoms with Crippen molar-refractivity contribution >= 4 is 10.0 Å². The summed E-state index contributed by atoms with van der Waals surface area (Å²) in [6, 6.07) is 5.29. The van der Waals surface area contributed by atoms with Gasteiger partial charge in [0.25, 0.3) is 0 Å². The largest absolute Gasteiger partial charge is 0.393 e. The van der Waals surface area contributed by atoms with Gasteiger partial charge >= 0.3 is 0 Å². The quantitative estimate of drug-likeness (QED) is 0.894. The van der Waals surface area contributed by atoms with E-state index in [-0.39, 0.29) is 12.0 Å². The number of aryl methyl sites for hydroxylation is 2. The summed E-state index contributed by atoms with van der Waals surface area (Å²) in [5.41, 5.74) is 1.87. The third-order valence-electron chi connectivity index (χ3n) is 3.91. The number of aliphatic hydroxyl groups excluding tert-OH is 1. The lowest BCUT2D eigenvalue weighted by atomic mass is 9.87. The lowest BCUT2D eigenvalue weighted by molar-refractivity contribution is 0.0724. The van der Waals surface area contributed by atoms with E-state index in [2.05, 4.69) is 4.72 Å². The fourth-order valence-electron chi connectivity index (χ4n) is 2.81. The average Bonchev–Trinajstić information content (AvgIpc) is 2.37. The van der Waals surface area contributed by atoms with Crippen molar-refractivity contribution in [1.82, 2.24) is 4.72 Å². The molecule has 2 N–H and O–H groups in total. The first-order valence-electron chi connectivity index (χ1n) is 7.14. The Morgan fingerprint density at radius 2 is 1.75 bits per heavy atom. The van der Waals surface area contributed by atoms with Crippen molar-refractivity contribution in [2.24, 2.45) is 5.92 Å². The summed E-state index contributed by atoms with van der Waals surface area (Å²) in [6.45, 7) is 4.09. The summed E-state index contributed by atoms with van der Waals surface area (Å²) in [6.07, 6.45) is 3.37. The number of aliphatic hydroxyl groups is 1. The molecule has 0 amide bonds. The van der Waals surface area contributed by atoms with Crippen molar-refractivity contribution in [3.05, 3.63) is 29.3 Å². The van der Waals surface area contributed by atoms with Gasteiger partial charge in [0, 0.05) is 6.54 Å². The zero-order chi connectivity index (χ0) is 14.8. The van der Waals surface area contributed by atoms with Crippen LogP contribution in [0.25, 0.3) is 0 Å². The highest BCUT2D eigenvalue weighted by Crippen LogP contribution is 2.24. The molecule has 0 aliphatic heterocycles. The van der Waals surface area contributed by atoms with E-state index in [1.807, 2.05) is 19.9 Å². The molecule has 0 radical (unpaired) electrons. The molecule has 1 saturated carbocycles. The van der Waals surface area contributed by atoms with E-state index >= 15 is 0 Å². The molecular weight excluding hydrogens is 274 g/mol. The van der Waals surface area contributed by atoms with Crippen LogP contribution < -0.4 is 4.72 Å². The van der Waals surface area contributed by atoms with Gasteiger partial charge < -0.3 is 5.11 Å². The third-order valence-corrected chi connectivity index (χ3v) is 5.31. The van der Waals surface area contributed by atoms with E-state index in [1.54, 1.807) is 12.1 Å². The van der Waals surface area contributed by atoms with Crippen LogP contribution in [0.15, 0.2) is 23.1 Å². The molecule has 0 aromatic heterocycles. The van der Waals surface area contributed by atoms with Crippen LogP contribution in [0.3, 0.4) is 0 Å². The number of hydrogen-bond acceptors (Lipinski definition) is 3. The second kappa shape index (κ2) is 6.24. The van der Waals surface area contributed by atoms with Crippen LogP contribution in [0.2, 0.25) is 0 Å². The number of sulfonamides is 1. The highest BCUT2D eigenvalue weighted by Gasteiger charge is 2.25. The van der Waals surface area contributed by atoms with E-state index in [0.29, 0.717) is 11.4 Å². The standard InChI is InChI=1S/C15H23NO3S/c1-11-7-12(2)9-14(8-11)20(18,19)16-10-13-5-3-4-6-15(13)17/h7-9,13,15-17H,3-6,10H2,1-2H3. The average molecular weight is 297 g/mol. The summed E-state index contributed by atoms with van der Waals surface area (Å²) in [5, 5.41) is 9.89. The number of benzene rings is 1. The Labute approximate surface area is 121 Å². The van der Waals surface area contributed by atoms with Gasteiger partial charge in [0.15, 0.2) is 0 Å². The topological polar surface area (TPSA) is 66.4 Å². The van der Waals surface area contributed by atoms with Crippen LogP contribution in [0.4, 0.5) is 0 Å². The minimum absolute atomic E-state index is 0.0319. The lowest BCUT2D eigenvalue weighted by Crippen LogP contribution is -2.36. The molecule has 0 heterocycles. The molecule has 1 aliphatic rings. The predicted octanol–water partition coefficient (Wildman–Crippen LogP) is 2.13. The second-order valence-electron chi connectivity index (χ2n) is 5.79. The van der Waals surface area contributed by atoms with Crippen molar-refractivity contribution in [2.45, 2.75) is 50.5 Å². The van der Waals surface area contributed by atoms with E-state index < -0.39 is 10.0 Å². The Bertz CT molecular complexity index is 548. The minimum atomic E-state index is -3.49. The number of hydrogen-bond donors (Lipinski definition) is 2. The molecule has 112 valence electrons. The summed E-state index contributed by atoms with van der Waals surface area (Å²) >= 11 is 0. The molecule has 1 aromatic rings. The monoisotopic (exact) mass is 297 g/mol. The van der Waals surface area contributed by atoms with Crippen LogP contribution in [-0.2, 0) is 10.0 Å². The lowest BCUT2D eigenvalue weighted by Gasteiger charge is -2.27. The fraction of sp³-hybridized carbons (Fsp3) is 0.600. The molecule has 1 aromatic carbocycles. The Morgan fingerprint density at radius 1 is 1.15 bits per heavy atom. The Hall–Kier alpha value is -0.910. The normalized spacial score (nSPS) is 23.8. The van der Waals surface area contributed by atoms with Gasteiger partial charge in [-0.05, 0) is 55.9 Å². The van der Waals surface area contributed by atoms with Crippen LogP contribution >= 0.6 is 0 Å². The predicted molar refractivity (Wildman–Crippen MR) is 79.1 cm³/mol. The summed E-state index contributed by atoms with van der Waals surface area (Å²) < 4.78 is 27.2. The van der Waals surface area contributed by atoms with Gasteiger partial charge in [-0.1, -0.05) is 18.9 Å². The molecule has 0 saturated heterocycles. The molecule has 1 aliphatic carbocycles. The molecular formula is C15H23NO3S. The van der Waals surface area contributed by atoms with Gasteiger partial charge in [0.05, 0.1) is 11.0 Å². The Kier molecular flexibility index (Phi) is 4.83. The van der Waals surface area contributed by atoms with Gasteiger partial charge in [-0.3, -0.25) is 0 Å². The smallest absolute Gasteiger partial charge is 0.240 e. The first-order chi connectivity index (χ1) is 9.38. The molecule has 4 nitrogen and oxygen atoms in total. The van der Waals surface area contributed by atoms with Gasteiger partial charge in [0.2, 0.25) is 10.0 Å². The summed E-state index contributed by atoms with van der Waals surface area (Å²) in [4.78, 5) is 0.306. The third kappa shape index (κ3) is 3.81. The fourth-order valence-corrected chi connectivity index (χ4v) is 4.10. The molecule has 2 unspecified atom stereocenters. The van der Waals surface area contributed by atoms with E-state index in [1.165, 1.54) is 0 Å². The Balaban J connectivity index is 2.07. The van der Waals surface area contributed by atoms with Crippen LogP contribution in [-0.4, -0.2) is 26.2 Å². The van der Waals surface area contributed by atoms with Crippen LogP contribution in [0, 0.1) is 19.8 Å². The van der Waals surface area contributed by atoms with Crippen molar-refractivity contribution in [2.75, 3.05) is 6.54 Å². The maximum Gasteiger partial charge on any atom is 0.240 e.